The maximum absolute atomic E-state index is 12.5. The van der Waals surface area contributed by atoms with Gasteiger partial charge in [0.2, 0.25) is 5.95 Å². The number of morpholine rings is 1. The number of aromatic amines is 1. The van der Waals surface area contributed by atoms with Crippen molar-refractivity contribution < 1.29 is 9.53 Å². The number of carbonyl (C=O) groups is 1. The second-order valence-corrected chi connectivity index (χ2v) is 6.39. The van der Waals surface area contributed by atoms with Gasteiger partial charge in [0.15, 0.2) is 5.82 Å². The number of aromatic nitrogens is 3. The SMILES string of the molecule is CNNc1nc(N2CCOCC2)c2[nH]c(C(=O)NC3CCC3)cc2n1. The molecule has 25 heavy (non-hydrogen) atoms. The topological polar surface area (TPSA) is 107 Å². The quantitative estimate of drug-likeness (QED) is 0.589. The van der Waals surface area contributed by atoms with Crippen molar-refractivity contribution >= 4 is 28.7 Å². The van der Waals surface area contributed by atoms with Crippen molar-refractivity contribution in [2.75, 3.05) is 43.7 Å². The minimum Gasteiger partial charge on any atom is -0.378 e. The Morgan fingerprint density at radius 1 is 1.32 bits per heavy atom. The molecule has 1 amide bonds. The van der Waals surface area contributed by atoms with Gasteiger partial charge in [0, 0.05) is 26.2 Å². The molecule has 0 radical (unpaired) electrons. The average Bonchev–Trinajstić information content (AvgIpc) is 3.02. The molecule has 2 aromatic rings. The van der Waals surface area contributed by atoms with E-state index < -0.39 is 0 Å². The van der Waals surface area contributed by atoms with Crippen molar-refractivity contribution in [3.63, 3.8) is 0 Å². The Morgan fingerprint density at radius 3 is 2.80 bits per heavy atom. The number of hydrogen-bond donors (Lipinski definition) is 4. The first kappa shape index (κ1) is 16.1. The molecule has 4 N–H and O–H groups in total. The predicted molar refractivity (Wildman–Crippen MR) is 94.7 cm³/mol. The number of amides is 1. The van der Waals surface area contributed by atoms with Crippen LogP contribution >= 0.6 is 0 Å². The highest BCUT2D eigenvalue weighted by Crippen LogP contribution is 2.26. The largest absolute Gasteiger partial charge is 0.378 e. The predicted octanol–water partition coefficient (Wildman–Crippen LogP) is 0.623. The van der Waals surface area contributed by atoms with Crippen LogP contribution in [0, 0.1) is 0 Å². The molecule has 2 aromatic heterocycles. The van der Waals surface area contributed by atoms with Crippen LogP contribution in [0.2, 0.25) is 0 Å². The van der Waals surface area contributed by atoms with Crippen molar-refractivity contribution in [1.82, 2.24) is 25.7 Å². The maximum atomic E-state index is 12.5. The minimum atomic E-state index is -0.0845. The lowest BCUT2D eigenvalue weighted by atomic mass is 9.93. The van der Waals surface area contributed by atoms with Crippen LogP contribution in [0.4, 0.5) is 11.8 Å². The summed E-state index contributed by atoms with van der Waals surface area (Å²) in [5.41, 5.74) is 7.78. The summed E-state index contributed by atoms with van der Waals surface area (Å²) in [6, 6.07) is 2.08. The van der Waals surface area contributed by atoms with E-state index in [4.69, 9.17) is 4.74 Å². The smallest absolute Gasteiger partial charge is 0.268 e. The molecule has 0 atom stereocenters. The van der Waals surface area contributed by atoms with Gasteiger partial charge in [0.05, 0.1) is 18.7 Å². The van der Waals surface area contributed by atoms with Gasteiger partial charge in [-0.1, -0.05) is 0 Å². The van der Waals surface area contributed by atoms with Gasteiger partial charge in [-0.15, -0.1) is 0 Å². The van der Waals surface area contributed by atoms with Crippen LogP contribution < -0.4 is 21.1 Å². The van der Waals surface area contributed by atoms with Crippen molar-refractivity contribution in [2.24, 2.45) is 0 Å². The van der Waals surface area contributed by atoms with Crippen LogP contribution in [0.25, 0.3) is 11.0 Å². The van der Waals surface area contributed by atoms with Gasteiger partial charge in [0.1, 0.15) is 11.2 Å². The zero-order valence-electron chi connectivity index (χ0n) is 14.3. The van der Waals surface area contributed by atoms with E-state index in [1.807, 2.05) is 0 Å². The monoisotopic (exact) mass is 345 g/mol. The Bertz CT molecular complexity index is 765. The summed E-state index contributed by atoms with van der Waals surface area (Å²) in [4.78, 5) is 26.9. The molecule has 1 saturated carbocycles. The lowest BCUT2D eigenvalue weighted by Gasteiger charge is -2.28. The Labute approximate surface area is 145 Å². The highest BCUT2D eigenvalue weighted by Gasteiger charge is 2.23. The Hall–Kier alpha value is -2.39. The number of H-pyrrole nitrogens is 1. The first-order chi connectivity index (χ1) is 12.2. The number of hydrogen-bond acceptors (Lipinski definition) is 7. The number of anilines is 2. The Morgan fingerprint density at radius 2 is 2.12 bits per heavy atom. The van der Waals surface area contributed by atoms with E-state index in [2.05, 4.69) is 36.0 Å². The van der Waals surface area contributed by atoms with Crippen molar-refractivity contribution in [1.29, 1.82) is 0 Å². The standard InChI is InChI=1S/C16H23N7O2/c1-17-22-16-20-11-9-12(15(24)18-10-3-2-4-10)19-13(11)14(21-16)23-5-7-25-8-6-23/h9-10,17,19H,2-8H2,1H3,(H,18,24)(H,20,21,22). The number of nitrogens with one attached hydrogen (secondary N) is 4. The summed E-state index contributed by atoms with van der Waals surface area (Å²) in [6.07, 6.45) is 3.30. The molecule has 4 rings (SSSR count). The molecule has 9 nitrogen and oxygen atoms in total. The van der Waals surface area contributed by atoms with E-state index in [-0.39, 0.29) is 5.91 Å². The van der Waals surface area contributed by atoms with E-state index in [1.165, 1.54) is 6.42 Å². The van der Waals surface area contributed by atoms with Crippen LogP contribution in [0.15, 0.2) is 6.07 Å². The normalized spacial score (nSPS) is 18.2. The molecule has 1 saturated heterocycles. The molecular formula is C16H23N7O2. The summed E-state index contributed by atoms with van der Waals surface area (Å²) >= 11 is 0. The fraction of sp³-hybridized carbons (Fsp3) is 0.562. The molecule has 0 aromatic carbocycles. The number of carbonyl (C=O) groups excluding carboxylic acids is 1. The molecule has 0 spiro atoms. The van der Waals surface area contributed by atoms with Crippen LogP contribution in [0.3, 0.4) is 0 Å². The first-order valence-corrected chi connectivity index (χ1v) is 8.71. The fourth-order valence-corrected chi connectivity index (χ4v) is 3.11. The van der Waals surface area contributed by atoms with Gasteiger partial charge in [-0.3, -0.25) is 10.2 Å². The lowest BCUT2D eigenvalue weighted by Crippen LogP contribution is -2.39. The Balaban J connectivity index is 1.69. The zero-order chi connectivity index (χ0) is 17.2. The molecule has 1 aliphatic heterocycles. The second kappa shape index (κ2) is 6.85. The summed E-state index contributed by atoms with van der Waals surface area (Å²) in [7, 11) is 1.76. The van der Waals surface area contributed by atoms with E-state index >= 15 is 0 Å². The molecule has 0 bridgehead atoms. The highest BCUT2D eigenvalue weighted by molar-refractivity contribution is 5.99. The van der Waals surface area contributed by atoms with Crippen molar-refractivity contribution in [2.45, 2.75) is 25.3 Å². The van der Waals surface area contributed by atoms with Gasteiger partial charge in [-0.2, -0.15) is 4.98 Å². The van der Waals surface area contributed by atoms with Gasteiger partial charge in [-0.25, -0.2) is 10.4 Å². The molecule has 9 heteroatoms. The van der Waals surface area contributed by atoms with Crippen LogP contribution in [0.5, 0.6) is 0 Å². The van der Waals surface area contributed by atoms with Crippen molar-refractivity contribution in [3.8, 4) is 0 Å². The van der Waals surface area contributed by atoms with Gasteiger partial charge in [-0.05, 0) is 25.3 Å². The number of nitrogens with zero attached hydrogens (tertiary/aromatic N) is 3. The third-order valence-corrected chi connectivity index (χ3v) is 4.69. The van der Waals surface area contributed by atoms with Crippen LogP contribution in [0.1, 0.15) is 29.8 Å². The summed E-state index contributed by atoms with van der Waals surface area (Å²) < 4.78 is 5.43. The fourth-order valence-electron chi connectivity index (χ4n) is 3.11. The molecule has 2 aliphatic rings. The molecule has 2 fully saturated rings. The minimum absolute atomic E-state index is 0.0845. The first-order valence-electron chi connectivity index (χ1n) is 8.71. The van der Waals surface area contributed by atoms with Crippen molar-refractivity contribution in [3.05, 3.63) is 11.8 Å². The maximum Gasteiger partial charge on any atom is 0.268 e. The van der Waals surface area contributed by atoms with E-state index in [0.29, 0.717) is 36.4 Å². The Kier molecular flexibility index (Phi) is 4.41. The van der Waals surface area contributed by atoms with Gasteiger partial charge >= 0.3 is 0 Å². The van der Waals surface area contributed by atoms with Gasteiger partial charge in [0.25, 0.3) is 5.91 Å². The van der Waals surface area contributed by atoms with Crippen LogP contribution in [-0.2, 0) is 4.74 Å². The third kappa shape index (κ3) is 3.24. The van der Waals surface area contributed by atoms with E-state index in [1.54, 1.807) is 13.1 Å². The molecule has 134 valence electrons. The zero-order valence-corrected chi connectivity index (χ0v) is 14.3. The lowest BCUT2D eigenvalue weighted by molar-refractivity contribution is 0.0912. The third-order valence-electron chi connectivity index (χ3n) is 4.69. The number of rotatable bonds is 5. The molecule has 0 unspecified atom stereocenters. The molecule has 1 aliphatic carbocycles. The second-order valence-electron chi connectivity index (χ2n) is 6.39. The molecule has 3 heterocycles. The number of ether oxygens (including phenoxy) is 1. The van der Waals surface area contributed by atoms with E-state index in [9.17, 15) is 4.79 Å². The summed E-state index contributed by atoms with van der Waals surface area (Å²) in [6.45, 7) is 2.84. The van der Waals surface area contributed by atoms with Gasteiger partial charge < -0.3 is 19.9 Å². The molecular weight excluding hydrogens is 322 g/mol. The average molecular weight is 345 g/mol. The summed E-state index contributed by atoms with van der Waals surface area (Å²) in [5, 5.41) is 3.05. The highest BCUT2D eigenvalue weighted by atomic mass is 16.5. The van der Waals surface area contributed by atoms with E-state index in [0.717, 1.165) is 37.3 Å². The van der Waals surface area contributed by atoms with Crippen LogP contribution in [-0.4, -0.2) is 60.3 Å². The summed E-state index contributed by atoms with van der Waals surface area (Å²) in [5.74, 6) is 1.17. The number of fused-ring (bicyclic) bond motifs is 1. The number of hydrazine groups is 1.